The maximum absolute atomic E-state index is 12.7. The Balaban J connectivity index is 1.51. The molecule has 45 heavy (non-hydrogen) atoms. The molecule has 1 aromatic heterocycles. The van der Waals surface area contributed by atoms with Crippen LogP contribution in [0.25, 0.3) is 5.57 Å². The molecular formula is C36H64N3O5S+. The van der Waals surface area contributed by atoms with Crippen LogP contribution in [0.4, 0.5) is 0 Å². The van der Waals surface area contributed by atoms with Crippen LogP contribution in [0, 0.1) is 0 Å². The monoisotopic (exact) mass is 650 g/mol. The van der Waals surface area contributed by atoms with Crippen LogP contribution in [0.1, 0.15) is 162 Å². The minimum atomic E-state index is -0.382. The van der Waals surface area contributed by atoms with E-state index in [1.165, 1.54) is 82.4 Å². The van der Waals surface area contributed by atoms with Gasteiger partial charge in [0.2, 0.25) is 6.23 Å². The number of rotatable bonds is 24. The van der Waals surface area contributed by atoms with E-state index in [0.717, 1.165) is 62.9 Å². The topological polar surface area (TPSA) is 87.6 Å². The zero-order chi connectivity index (χ0) is 33.0. The van der Waals surface area contributed by atoms with Crippen LogP contribution in [0.2, 0.25) is 0 Å². The summed E-state index contributed by atoms with van der Waals surface area (Å²) in [4.78, 5) is 24.4. The van der Waals surface area contributed by atoms with E-state index in [-0.39, 0.29) is 23.8 Å². The molecule has 0 aromatic carbocycles. The van der Waals surface area contributed by atoms with Crippen LogP contribution in [0.5, 0.6) is 5.88 Å². The molecule has 0 saturated heterocycles. The molecule has 0 amide bonds. The van der Waals surface area contributed by atoms with Crippen LogP contribution in [-0.4, -0.2) is 63.7 Å². The lowest BCUT2D eigenvalue weighted by atomic mass is 10.0. The van der Waals surface area contributed by atoms with Crippen molar-refractivity contribution in [3.8, 4) is 5.88 Å². The summed E-state index contributed by atoms with van der Waals surface area (Å²) < 4.78 is 26.9. The maximum atomic E-state index is 12.7. The Kier molecular flexibility index (Phi) is 18.9. The first-order chi connectivity index (χ1) is 21.5. The molecule has 0 saturated carbocycles. The Labute approximate surface area is 278 Å². The van der Waals surface area contributed by atoms with Gasteiger partial charge in [-0.1, -0.05) is 96.5 Å². The zero-order valence-electron chi connectivity index (χ0n) is 29.5. The predicted octanol–water partition coefficient (Wildman–Crippen LogP) is 9.42. The molecule has 2 unspecified atom stereocenters. The number of likely N-dealkylation sites (N-methyl/N-ethyl adjacent to an activating group) is 1. The lowest BCUT2D eigenvalue weighted by molar-refractivity contribution is -0.944. The van der Waals surface area contributed by atoms with Crippen molar-refractivity contribution >= 4 is 29.2 Å². The van der Waals surface area contributed by atoms with Crippen molar-refractivity contribution in [3.05, 3.63) is 11.8 Å². The van der Waals surface area contributed by atoms with Gasteiger partial charge in [0, 0.05) is 31.8 Å². The summed E-state index contributed by atoms with van der Waals surface area (Å²) in [5, 5.41) is 0. The highest BCUT2D eigenvalue weighted by Crippen LogP contribution is 2.31. The van der Waals surface area contributed by atoms with E-state index in [0.29, 0.717) is 29.8 Å². The second kappa shape index (κ2) is 21.7. The summed E-state index contributed by atoms with van der Waals surface area (Å²) in [6, 6.07) is 0. The van der Waals surface area contributed by atoms with Crippen molar-refractivity contribution in [3.63, 3.8) is 0 Å². The first kappa shape index (κ1) is 39.2. The van der Waals surface area contributed by atoms with Crippen molar-refractivity contribution in [2.75, 3.05) is 26.7 Å². The Morgan fingerprint density at radius 2 is 1.40 bits per heavy atom. The fourth-order valence-electron chi connectivity index (χ4n) is 5.79. The molecule has 2 atom stereocenters. The molecule has 8 nitrogen and oxygen atoms in total. The van der Waals surface area contributed by atoms with Gasteiger partial charge in [-0.3, -0.25) is 14.1 Å². The molecule has 1 aromatic rings. The van der Waals surface area contributed by atoms with Crippen molar-refractivity contribution in [1.29, 1.82) is 0 Å². The number of carbonyl (C=O) groups excluding carboxylic acids is 2. The summed E-state index contributed by atoms with van der Waals surface area (Å²) in [6.07, 6.45) is 22.6. The van der Waals surface area contributed by atoms with E-state index in [9.17, 15) is 9.59 Å². The van der Waals surface area contributed by atoms with Gasteiger partial charge >= 0.3 is 11.9 Å². The number of aromatic nitrogens is 2. The second-order valence-electron chi connectivity index (χ2n) is 14.1. The van der Waals surface area contributed by atoms with Crippen molar-refractivity contribution < 1.29 is 28.3 Å². The van der Waals surface area contributed by atoms with Crippen LogP contribution in [-0.2, 0) is 19.1 Å². The van der Waals surface area contributed by atoms with Crippen LogP contribution in [0.15, 0.2) is 6.08 Å². The number of nitrogens with zero attached hydrogens (tertiary/aromatic N) is 3. The number of hydrogen-bond acceptors (Lipinski definition) is 8. The van der Waals surface area contributed by atoms with Crippen molar-refractivity contribution in [2.24, 2.45) is 0 Å². The van der Waals surface area contributed by atoms with Gasteiger partial charge in [-0.25, -0.2) is 0 Å². The highest BCUT2D eigenvalue weighted by atomic mass is 32.1. The molecule has 0 aliphatic carbocycles. The standard InChI is InChI=1S/C36H64N3O5S/c1-7-8-9-22-28-42-35-34(37-45-38-35)31-24-23-27-39(6,29-31)30(2)43-32(40)25-20-18-16-14-12-10-11-13-15-17-19-21-26-33(41)44-36(3,4)5/h24,30H,7-23,25-29H2,1-6H3/q+1. The molecule has 9 heteroatoms. The predicted molar refractivity (Wildman–Crippen MR) is 184 cm³/mol. The van der Waals surface area contributed by atoms with E-state index >= 15 is 0 Å². The largest absolute Gasteiger partial charge is 0.475 e. The molecule has 1 aliphatic rings. The third kappa shape index (κ3) is 16.9. The van der Waals surface area contributed by atoms with Crippen LogP contribution >= 0.6 is 11.7 Å². The number of hydrogen-bond donors (Lipinski definition) is 0. The average molecular weight is 651 g/mol. The molecule has 1 aliphatic heterocycles. The molecule has 0 fully saturated rings. The first-order valence-electron chi connectivity index (χ1n) is 17.9. The van der Waals surface area contributed by atoms with Gasteiger partial charge in [-0.2, -0.15) is 4.37 Å². The Morgan fingerprint density at radius 1 is 0.844 bits per heavy atom. The summed E-state index contributed by atoms with van der Waals surface area (Å²) in [5.74, 6) is 0.479. The average Bonchev–Trinajstić information content (AvgIpc) is 3.45. The fraction of sp³-hybridized carbons (Fsp3) is 0.833. The second-order valence-corrected chi connectivity index (χ2v) is 14.7. The molecule has 258 valence electrons. The van der Waals surface area contributed by atoms with E-state index in [2.05, 4.69) is 28.8 Å². The van der Waals surface area contributed by atoms with Crippen molar-refractivity contribution in [1.82, 2.24) is 8.75 Å². The molecule has 0 radical (unpaired) electrons. The molecule has 2 rings (SSSR count). The highest BCUT2D eigenvalue weighted by molar-refractivity contribution is 6.99. The van der Waals surface area contributed by atoms with Crippen molar-refractivity contribution in [2.45, 2.75) is 168 Å². The summed E-state index contributed by atoms with van der Waals surface area (Å²) >= 11 is 1.20. The first-order valence-corrected chi connectivity index (χ1v) is 18.7. The van der Waals surface area contributed by atoms with Gasteiger partial charge < -0.3 is 14.2 Å². The fourth-order valence-corrected chi connectivity index (χ4v) is 6.32. The minimum Gasteiger partial charge on any atom is -0.475 e. The Bertz CT molecular complexity index is 1010. The molecule has 2 heterocycles. The van der Waals surface area contributed by atoms with E-state index in [1.807, 2.05) is 27.7 Å². The number of esters is 2. The van der Waals surface area contributed by atoms with Gasteiger partial charge in [-0.15, -0.1) is 4.37 Å². The van der Waals surface area contributed by atoms with Crippen LogP contribution in [0.3, 0.4) is 0 Å². The third-order valence-electron chi connectivity index (χ3n) is 8.67. The number of unbranched alkanes of at least 4 members (excludes halogenated alkanes) is 14. The summed E-state index contributed by atoms with van der Waals surface area (Å²) in [6.45, 7) is 12.3. The number of quaternary nitrogens is 1. The number of ether oxygens (including phenoxy) is 3. The van der Waals surface area contributed by atoms with Gasteiger partial charge in [0.25, 0.3) is 5.88 Å². The summed E-state index contributed by atoms with van der Waals surface area (Å²) in [7, 11) is 2.17. The molecule has 0 bridgehead atoms. The number of carbonyl (C=O) groups is 2. The zero-order valence-corrected chi connectivity index (χ0v) is 30.3. The Morgan fingerprint density at radius 3 is 1.98 bits per heavy atom. The van der Waals surface area contributed by atoms with Gasteiger partial charge in [0.05, 0.1) is 31.9 Å². The highest BCUT2D eigenvalue weighted by Gasteiger charge is 2.36. The quantitative estimate of drug-likeness (QED) is 0.0626. The van der Waals surface area contributed by atoms with E-state index < -0.39 is 0 Å². The molecule has 0 N–H and O–H groups in total. The molecule has 0 spiro atoms. The summed E-state index contributed by atoms with van der Waals surface area (Å²) in [5.41, 5.74) is 1.61. The third-order valence-corrected chi connectivity index (χ3v) is 9.18. The van der Waals surface area contributed by atoms with E-state index in [1.54, 1.807) is 0 Å². The van der Waals surface area contributed by atoms with Gasteiger partial charge in [-0.05, 0) is 40.0 Å². The smallest absolute Gasteiger partial charge is 0.310 e. The lowest BCUT2D eigenvalue weighted by Crippen LogP contribution is -2.55. The minimum absolute atomic E-state index is 0.0765. The van der Waals surface area contributed by atoms with E-state index in [4.69, 9.17) is 14.2 Å². The van der Waals surface area contributed by atoms with Gasteiger partial charge in [0.1, 0.15) is 17.8 Å². The Hall–Kier alpha value is -2.00. The normalized spacial score (nSPS) is 17.5. The maximum Gasteiger partial charge on any atom is 0.310 e. The SMILES string of the molecule is CCCCCCOc1nsnc1C1=CCC[N+](C)(C(C)OC(=O)CCCCCCCCCCCCCCC(=O)OC(C)(C)C)C1. The molecular weight excluding hydrogens is 586 g/mol. The lowest BCUT2D eigenvalue weighted by Gasteiger charge is -2.41. The van der Waals surface area contributed by atoms with Gasteiger partial charge in [0.15, 0.2) is 0 Å². The van der Waals surface area contributed by atoms with Crippen LogP contribution < -0.4 is 4.74 Å².